The van der Waals surface area contributed by atoms with Crippen LogP contribution in [-0.2, 0) is 4.79 Å². The van der Waals surface area contributed by atoms with E-state index in [1.54, 1.807) is 11.3 Å². The van der Waals surface area contributed by atoms with E-state index < -0.39 is 0 Å². The Morgan fingerprint density at radius 2 is 2.33 bits per heavy atom. The number of carbonyl (C=O) groups is 1. The molecule has 1 aliphatic rings. The zero-order valence-corrected chi connectivity index (χ0v) is 14.4. The number of amides is 1. The van der Waals surface area contributed by atoms with Crippen molar-refractivity contribution < 1.29 is 9.32 Å². The van der Waals surface area contributed by atoms with Crippen molar-refractivity contribution in [1.82, 2.24) is 25.2 Å². The minimum atomic E-state index is -0.0885. The second-order valence-corrected chi connectivity index (χ2v) is 7.63. The Kier molecular flexibility index (Phi) is 4.08. The number of carbonyl (C=O) groups excluding carboxylic acids is 1. The second kappa shape index (κ2) is 6.38. The number of aryl methyl sites for hydroxylation is 1. The molecule has 0 atom stereocenters. The molecular formula is C14H14N6O2S2. The molecule has 1 N–H and O–H groups in total. The molecule has 0 radical (unpaired) electrons. The quantitative estimate of drug-likeness (QED) is 0.741. The van der Waals surface area contributed by atoms with Crippen LogP contribution >= 0.6 is 22.7 Å². The van der Waals surface area contributed by atoms with Crippen molar-refractivity contribution in [1.29, 1.82) is 0 Å². The second-order valence-electron chi connectivity index (χ2n) is 5.50. The standard InChI is InChI=1S/C14H14N6O2S2/c1-8-17-18-14(24-8)15-11(21)7-20-5-9(6-20)13-16-12(19-22-13)10-3-2-4-23-10/h2-4,9H,5-7H2,1H3,(H,15,18,21). The third-order valence-corrected chi connectivity index (χ3v) is 5.25. The Morgan fingerprint density at radius 3 is 3.04 bits per heavy atom. The van der Waals surface area contributed by atoms with Crippen LogP contribution in [0.4, 0.5) is 5.13 Å². The van der Waals surface area contributed by atoms with Gasteiger partial charge in [0.1, 0.15) is 5.01 Å². The van der Waals surface area contributed by atoms with E-state index in [9.17, 15) is 4.79 Å². The predicted molar refractivity (Wildman–Crippen MR) is 90.1 cm³/mol. The van der Waals surface area contributed by atoms with E-state index in [2.05, 4.69) is 25.7 Å². The maximum Gasteiger partial charge on any atom is 0.240 e. The SMILES string of the molecule is Cc1nnc(NC(=O)CN2CC(c3nc(-c4cccs4)no3)C2)s1. The highest BCUT2D eigenvalue weighted by Gasteiger charge is 2.33. The molecule has 1 aliphatic heterocycles. The van der Waals surface area contributed by atoms with Gasteiger partial charge in [-0.3, -0.25) is 15.0 Å². The number of hydrogen-bond acceptors (Lipinski definition) is 9. The van der Waals surface area contributed by atoms with Crippen LogP contribution in [0, 0.1) is 6.92 Å². The smallest absolute Gasteiger partial charge is 0.240 e. The van der Waals surface area contributed by atoms with Crippen molar-refractivity contribution >= 4 is 33.7 Å². The molecule has 8 nitrogen and oxygen atoms in total. The van der Waals surface area contributed by atoms with E-state index in [-0.39, 0.29) is 11.8 Å². The van der Waals surface area contributed by atoms with Crippen LogP contribution in [0.2, 0.25) is 0 Å². The summed E-state index contributed by atoms with van der Waals surface area (Å²) in [6.07, 6.45) is 0. The number of aromatic nitrogens is 4. The zero-order chi connectivity index (χ0) is 16.5. The van der Waals surface area contributed by atoms with Gasteiger partial charge in [-0.05, 0) is 18.4 Å². The van der Waals surface area contributed by atoms with Crippen molar-refractivity contribution in [3.8, 4) is 10.7 Å². The van der Waals surface area contributed by atoms with E-state index in [0.29, 0.717) is 23.4 Å². The van der Waals surface area contributed by atoms with Crippen LogP contribution in [0.25, 0.3) is 10.7 Å². The fourth-order valence-corrected chi connectivity index (χ4v) is 3.73. The van der Waals surface area contributed by atoms with Gasteiger partial charge in [-0.1, -0.05) is 22.6 Å². The number of anilines is 1. The number of rotatable bonds is 5. The molecule has 0 aliphatic carbocycles. The van der Waals surface area contributed by atoms with Gasteiger partial charge in [-0.2, -0.15) is 4.98 Å². The first-order chi connectivity index (χ1) is 11.7. The number of nitrogens with one attached hydrogen (secondary N) is 1. The monoisotopic (exact) mass is 362 g/mol. The molecule has 0 bridgehead atoms. The molecule has 124 valence electrons. The molecule has 4 rings (SSSR count). The number of likely N-dealkylation sites (tertiary alicyclic amines) is 1. The molecular weight excluding hydrogens is 348 g/mol. The minimum absolute atomic E-state index is 0.0885. The van der Waals surface area contributed by atoms with Crippen LogP contribution in [0.1, 0.15) is 16.8 Å². The predicted octanol–water partition coefficient (Wildman–Crippen LogP) is 2.00. The molecule has 0 spiro atoms. The fraction of sp³-hybridized carbons (Fsp3) is 0.357. The molecule has 10 heteroatoms. The summed E-state index contributed by atoms with van der Waals surface area (Å²) in [5, 5.41) is 17.9. The summed E-state index contributed by atoms with van der Waals surface area (Å²) >= 11 is 2.94. The molecule has 1 amide bonds. The van der Waals surface area contributed by atoms with Crippen molar-refractivity contribution in [2.75, 3.05) is 25.0 Å². The van der Waals surface area contributed by atoms with Gasteiger partial charge in [-0.25, -0.2) is 0 Å². The van der Waals surface area contributed by atoms with Gasteiger partial charge in [-0.15, -0.1) is 21.5 Å². The van der Waals surface area contributed by atoms with E-state index in [4.69, 9.17) is 4.52 Å². The van der Waals surface area contributed by atoms with E-state index in [1.807, 2.05) is 29.3 Å². The maximum atomic E-state index is 12.0. The van der Waals surface area contributed by atoms with Gasteiger partial charge < -0.3 is 4.52 Å². The minimum Gasteiger partial charge on any atom is -0.339 e. The molecule has 1 fully saturated rings. The highest BCUT2D eigenvalue weighted by atomic mass is 32.1. The Labute approximate surface area is 145 Å². The molecule has 0 aromatic carbocycles. The molecule has 1 saturated heterocycles. The van der Waals surface area contributed by atoms with E-state index >= 15 is 0 Å². The molecule has 4 heterocycles. The number of thiophene rings is 1. The summed E-state index contributed by atoms with van der Waals surface area (Å²) in [5.41, 5.74) is 0. The Bertz CT molecular complexity index is 837. The lowest BCUT2D eigenvalue weighted by Crippen LogP contribution is -2.48. The van der Waals surface area contributed by atoms with Crippen LogP contribution in [0.15, 0.2) is 22.0 Å². The van der Waals surface area contributed by atoms with Gasteiger partial charge in [0, 0.05) is 13.1 Å². The van der Waals surface area contributed by atoms with Crippen LogP contribution in [-0.4, -0.2) is 50.8 Å². The van der Waals surface area contributed by atoms with Crippen LogP contribution in [0.5, 0.6) is 0 Å². The highest BCUT2D eigenvalue weighted by Crippen LogP contribution is 2.28. The summed E-state index contributed by atoms with van der Waals surface area (Å²) in [5.74, 6) is 1.36. The van der Waals surface area contributed by atoms with E-state index in [0.717, 1.165) is 23.0 Å². The average molecular weight is 362 g/mol. The lowest BCUT2D eigenvalue weighted by atomic mass is 10.0. The van der Waals surface area contributed by atoms with Gasteiger partial charge >= 0.3 is 0 Å². The Balaban J connectivity index is 1.28. The zero-order valence-electron chi connectivity index (χ0n) is 12.8. The largest absolute Gasteiger partial charge is 0.339 e. The van der Waals surface area contributed by atoms with Gasteiger partial charge in [0.05, 0.1) is 17.3 Å². The van der Waals surface area contributed by atoms with Gasteiger partial charge in [0.15, 0.2) is 0 Å². The molecule has 3 aromatic heterocycles. The Hall–Kier alpha value is -2.17. The average Bonchev–Trinajstić information content (AvgIpc) is 3.23. The first kappa shape index (κ1) is 15.4. The van der Waals surface area contributed by atoms with Crippen LogP contribution in [0.3, 0.4) is 0 Å². The van der Waals surface area contributed by atoms with Gasteiger partial charge in [0.2, 0.25) is 22.8 Å². The lowest BCUT2D eigenvalue weighted by Gasteiger charge is -2.36. The molecule has 0 unspecified atom stereocenters. The summed E-state index contributed by atoms with van der Waals surface area (Å²) in [6.45, 7) is 3.63. The third-order valence-electron chi connectivity index (χ3n) is 3.63. The first-order valence-corrected chi connectivity index (χ1v) is 9.07. The topological polar surface area (TPSA) is 97.0 Å². The number of hydrogen-bond donors (Lipinski definition) is 1. The Morgan fingerprint density at radius 1 is 1.46 bits per heavy atom. The summed E-state index contributed by atoms with van der Waals surface area (Å²) in [7, 11) is 0. The van der Waals surface area contributed by atoms with Crippen LogP contribution < -0.4 is 5.32 Å². The first-order valence-electron chi connectivity index (χ1n) is 7.37. The van der Waals surface area contributed by atoms with Crippen molar-refractivity contribution in [3.63, 3.8) is 0 Å². The molecule has 24 heavy (non-hydrogen) atoms. The van der Waals surface area contributed by atoms with Crippen molar-refractivity contribution in [3.05, 3.63) is 28.4 Å². The molecule has 0 saturated carbocycles. The summed E-state index contributed by atoms with van der Waals surface area (Å²) < 4.78 is 5.35. The van der Waals surface area contributed by atoms with E-state index in [1.165, 1.54) is 11.3 Å². The molecule has 3 aromatic rings. The van der Waals surface area contributed by atoms with Crippen molar-refractivity contribution in [2.45, 2.75) is 12.8 Å². The summed E-state index contributed by atoms with van der Waals surface area (Å²) in [4.78, 5) is 19.4. The van der Waals surface area contributed by atoms with Gasteiger partial charge in [0.25, 0.3) is 0 Å². The normalized spacial score (nSPS) is 15.4. The third kappa shape index (κ3) is 3.21. The summed E-state index contributed by atoms with van der Waals surface area (Å²) in [6, 6.07) is 3.92. The van der Waals surface area contributed by atoms with Crippen molar-refractivity contribution in [2.24, 2.45) is 0 Å². The fourth-order valence-electron chi connectivity index (χ4n) is 2.47. The maximum absolute atomic E-state index is 12.0. The number of nitrogens with zero attached hydrogens (tertiary/aromatic N) is 5. The highest BCUT2D eigenvalue weighted by molar-refractivity contribution is 7.15. The lowest BCUT2D eigenvalue weighted by molar-refractivity contribution is -0.118.